The molecule has 1 aromatic carbocycles. The summed E-state index contributed by atoms with van der Waals surface area (Å²) in [6.07, 6.45) is 7.88. The molecule has 1 aliphatic carbocycles. The lowest BCUT2D eigenvalue weighted by Gasteiger charge is -2.19. The van der Waals surface area contributed by atoms with Gasteiger partial charge in [0.25, 0.3) is 0 Å². The van der Waals surface area contributed by atoms with Gasteiger partial charge in [-0.05, 0) is 37.1 Å². The molecule has 0 unspecified atom stereocenters. The molecule has 4 heteroatoms. The van der Waals surface area contributed by atoms with E-state index in [0.29, 0.717) is 5.69 Å². The van der Waals surface area contributed by atoms with Crippen LogP contribution in [0.1, 0.15) is 55.3 Å². The molecule has 20 heavy (non-hydrogen) atoms. The minimum atomic E-state index is -0.956. The molecule has 1 aliphatic rings. The van der Waals surface area contributed by atoms with Crippen LogP contribution in [0.25, 0.3) is 0 Å². The molecule has 0 radical (unpaired) electrons. The van der Waals surface area contributed by atoms with Crippen LogP contribution in [-0.4, -0.2) is 17.0 Å². The van der Waals surface area contributed by atoms with Crippen molar-refractivity contribution in [2.75, 3.05) is 5.32 Å². The molecule has 0 atom stereocenters. The lowest BCUT2D eigenvalue weighted by molar-refractivity contribution is -0.120. The van der Waals surface area contributed by atoms with Crippen LogP contribution in [0, 0.1) is 5.92 Å². The van der Waals surface area contributed by atoms with E-state index in [4.69, 9.17) is 5.11 Å². The van der Waals surface area contributed by atoms with E-state index in [2.05, 4.69) is 5.32 Å². The largest absolute Gasteiger partial charge is 0.478 e. The third-order valence-electron chi connectivity index (χ3n) is 3.88. The topological polar surface area (TPSA) is 66.4 Å². The first-order valence-corrected chi connectivity index (χ1v) is 7.31. The van der Waals surface area contributed by atoms with Crippen LogP contribution in [0.2, 0.25) is 0 Å². The maximum absolute atomic E-state index is 12.2. The molecule has 1 aromatic rings. The summed E-state index contributed by atoms with van der Waals surface area (Å²) < 4.78 is 0. The standard InChI is InChI=1S/C16H21NO3/c18-15(12-6-4-2-1-3-5-7-12)17-14-10-8-13(9-11-14)16(19)20/h8-12H,1-7H2,(H,17,18)(H,19,20). The molecule has 2 rings (SSSR count). The van der Waals surface area contributed by atoms with Gasteiger partial charge in [0.2, 0.25) is 5.91 Å². The Morgan fingerprint density at radius 1 is 0.950 bits per heavy atom. The van der Waals surface area contributed by atoms with Gasteiger partial charge in [-0.2, -0.15) is 0 Å². The molecule has 0 bridgehead atoms. The highest BCUT2D eigenvalue weighted by molar-refractivity contribution is 5.93. The number of carboxylic acid groups (broad SMARTS) is 1. The number of aromatic carboxylic acids is 1. The van der Waals surface area contributed by atoms with Crippen molar-refractivity contribution in [2.45, 2.75) is 44.9 Å². The van der Waals surface area contributed by atoms with Crippen molar-refractivity contribution in [3.8, 4) is 0 Å². The van der Waals surface area contributed by atoms with Crippen LogP contribution in [0.4, 0.5) is 5.69 Å². The van der Waals surface area contributed by atoms with Gasteiger partial charge in [0.05, 0.1) is 5.56 Å². The number of carbonyl (C=O) groups excluding carboxylic acids is 1. The number of anilines is 1. The highest BCUT2D eigenvalue weighted by Gasteiger charge is 2.19. The molecule has 0 spiro atoms. The highest BCUT2D eigenvalue weighted by atomic mass is 16.4. The first-order valence-electron chi connectivity index (χ1n) is 7.31. The Morgan fingerprint density at radius 2 is 1.50 bits per heavy atom. The highest BCUT2D eigenvalue weighted by Crippen LogP contribution is 2.23. The molecule has 1 amide bonds. The third kappa shape index (κ3) is 4.08. The number of nitrogens with one attached hydrogen (secondary N) is 1. The number of benzene rings is 1. The van der Waals surface area contributed by atoms with Gasteiger partial charge in [0.1, 0.15) is 0 Å². The number of carboxylic acids is 1. The Hall–Kier alpha value is -1.84. The quantitative estimate of drug-likeness (QED) is 0.884. The average molecular weight is 275 g/mol. The van der Waals surface area contributed by atoms with E-state index in [0.717, 1.165) is 25.7 Å². The summed E-state index contributed by atoms with van der Waals surface area (Å²) in [5, 5.41) is 11.7. The van der Waals surface area contributed by atoms with Crippen LogP contribution in [0.3, 0.4) is 0 Å². The smallest absolute Gasteiger partial charge is 0.335 e. The second-order valence-electron chi connectivity index (χ2n) is 5.41. The maximum Gasteiger partial charge on any atom is 0.335 e. The first kappa shape index (κ1) is 14.6. The lowest BCUT2D eigenvalue weighted by atomic mass is 9.90. The van der Waals surface area contributed by atoms with Crippen LogP contribution >= 0.6 is 0 Å². The van der Waals surface area contributed by atoms with Gasteiger partial charge in [-0.15, -0.1) is 0 Å². The summed E-state index contributed by atoms with van der Waals surface area (Å²) in [4.78, 5) is 23.0. The fourth-order valence-corrected chi connectivity index (χ4v) is 2.66. The normalized spacial score (nSPS) is 17.0. The minimum Gasteiger partial charge on any atom is -0.478 e. The fourth-order valence-electron chi connectivity index (χ4n) is 2.66. The van der Waals surface area contributed by atoms with Gasteiger partial charge in [-0.3, -0.25) is 4.79 Å². The predicted molar refractivity (Wildman–Crippen MR) is 77.8 cm³/mol. The second-order valence-corrected chi connectivity index (χ2v) is 5.41. The summed E-state index contributed by atoms with van der Waals surface area (Å²) in [6.45, 7) is 0. The zero-order valence-corrected chi connectivity index (χ0v) is 11.6. The molecule has 0 aliphatic heterocycles. The summed E-state index contributed by atoms with van der Waals surface area (Å²) in [7, 11) is 0. The third-order valence-corrected chi connectivity index (χ3v) is 3.88. The summed E-state index contributed by atoms with van der Waals surface area (Å²) >= 11 is 0. The summed E-state index contributed by atoms with van der Waals surface area (Å²) in [6, 6.07) is 6.31. The molecule has 108 valence electrons. The monoisotopic (exact) mass is 275 g/mol. The van der Waals surface area contributed by atoms with Crippen molar-refractivity contribution in [1.82, 2.24) is 0 Å². The summed E-state index contributed by atoms with van der Waals surface area (Å²) in [5.74, 6) is -0.799. The van der Waals surface area contributed by atoms with E-state index in [1.165, 1.54) is 31.4 Å². The molecule has 0 aromatic heterocycles. The van der Waals surface area contributed by atoms with Gasteiger partial charge < -0.3 is 10.4 Å². The molecule has 4 nitrogen and oxygen atoms in total. The van der Waals surface area contributed by atoms with Crippen molar-refractivity contribution < 1.29 is 14.7 Å². The van der Waals surface area contributed by atoms with Crippen LogP contribution in [-0.2, 0) is 4.79 Å². The van der Waals surface area contributed by atoms with Crippen molar-refractivity contribution >= 4 is 17.6 Å². The maximum atomic E-state index is 12.2. The van der Waals surface area contributed by atoms with Crippen LogP contribution < -0.4 is 5.32 Å². The zero-order valence-electron chi connectivity index (χ0n) is 11.6. The van der Waals surface area contributed by atoms with Crippen LogP contribution in [0.15, 0.2) is 24.3 Å². The molecular weight excluding hydrogens is 254 g/mol. The number of hydrogen-bond donors (Lipinski definition) is 2. The van der Waals surface area contributed by atoms with E-state index in [-0.39, 0.29) is 17.4 Å². The Kier molecular flexibility index (Phi) is 5.16. The first-order chi connectivity index (χ1) is 9.66. The van der Waals surface area contributed by atoms with Gasteiger partial charge >= 0.3 is 5.97 Å². The van der Waals surface area contributed by atoms with Gasteiger partial charge in [-0.1, -0.05) is 32.1 Å². The Balaban J connectivity index is 1.93. The van der Waals surface area contributed by atoms with Crippen molar-refractivity contribution in [3.05, 3.63) is 29.8 Å². The molecular formula is C16H21NO3. The van der Waals surface area contributed by atoms with Gasteiger partial charge in [0, 0.05) is 11.6 Å². The molecule has 0 saturated heterocycles. The predicted octanol–water partition coefficient (Wildman–Crippen LogP) is 3.68. The van der Waals surface area contributed by atoms with E-state index in [9.17, 15) is 9.59 Å². The van der Waals surface area contributed by atoms with E-state index >= 15 is 0 Å². The number of rotatable bonds is 3. The SMILES string of the molecule is O=C(O)c1ccc(NC(=O)C2CCCCCCC2)cc1. The fraction of sp³-hybridized carbons (Fsp3) is 0.500. The van der Waals surface area contributed by atoms with E-state index in [1.807, 2.05) is 0 Å². The Morgan fingerprint density at radius 3 is 2.05 bits per heavy atom. The zero-order chi connectivity index (χ0) is 14.4. The van der Waals surface area contributed by atoms with E-state index < -0.39 is 5.97 Å². The second kappa shape index (κ2) is 7.08. The summed E-state index contributed by atoms with van der Waals surface area (Å²) in [5.41, 5.74) is 0.899. The van der Waals surface area contributed by atoms with Crippen molar-refractivity contribution in [3.63, 3.8) is 0 Å². The number of amides is 1. The van der Waals surface area contributed by atoms with E-state index in [1.54, 1.807) is 12.1 Å². The Bertz CT molecular complexity index is 459. The average Bonchev–Trinajstić information content (AvgIpc) is 2.38. The van der Waals surface area contributed by atoms with Crippen molar-refractivity contribution in [1.29, 1.82) is 0 Å². The van der Waals surface area contributed by atoms with Crippen LogP contribution in [0.5, 0.6) is 0 Å². The molecule has 1 saturated carbocycles. The molecule has 2 N–H and O–H groups in total. The van der Waals surface area contributed by atoms with Crippen molar-refractivity contribution in [2.24, 2.45) is 5.92 Å². The number of hydrogen-bond acceptors (Lipinski definition) is 2. The Labute approximate surface area is 119 Å². The lowest BCUT2D eigenvalue weighted by Crippen LogP contribution is -2.23. The molecule has 1 fully saturated rings. The van der Waals surface area contributed by atoms with Gasteiger partial charge in [0.15, 0.2) is 0 Å². The minimum absolute atomic E-state index is 0.0648. The van der Waals surface area contributed by atoms with Gasteiger partial charge in [-0.25, -0.2) is 4.79 Å². The molecule has 0 heterocycles. The number of carbonyl (C=O) groups is 2.